The molecule has 4 heteroatoms. The van der Waals surface area contributed by atoms with Crippen LogP contribution in [-0.2, 0) is 0 Å². The number of aromatic nitrogens is 1. The molecule has 1 aromatic carbocycles. The van der Waals surface area contributed by atoms with Crippen molar-refractivity contribution in [3.63, 3.8) is 0 Å². The van der Waals surface area contributed by atoms with Gasteiger partial charge in [0.2, 0.25) is 5.89 Å². The fourth-order valence-corrected chi connectivity index (χ4v) is 1.12. The normalized spacial score (nSPS) is 10.5. The second kappa shape index (κ2) is 3.21. The molecule has 1 aromatic heterocycles. The lowest BCUT2D eigenvalue weighted by Crippen LogP contribution is -1.84. The molecule has 0 atom stereocenters. The number of oxazole rings is 1. The standard InChI is InChI=1S/C10H7F2NO/c1-6-5-13-10(14-6)7-2-3-8(11)9(12)4-7/h2-5H,1H3. The predicted molar refractivity (Wildman–Crippen MR) is 46.6 cm³/mol. The van der Waals surface area contributed by atoms with Gasteiger partial charge in [-0.3, -0.25) is 0 Å². The molecular formula is C10H7F2NO. The SMILES string of the molecule is Cc1cnc(-c2ccc(F)c(F)c2)o1. The van der Waals surface area contributed by atoms with Crippen molar-refractivity contribution in [3.05, 3.63) is 41.8 Å². The molecule has 14 heavy (non-hydrogen) atoms. The maximum absolute atomic E-state index is 12.8. The van der Waals surface area contributed by atoms with E-state index in [1.54, 1.807) is 6.92 Å². The third-order valence-corrected chi connectivity index (χ3v) is 1.79. The van der Waals surface area contributed by atoms with Gasteiger partial charge in [-0.2, -0.15) is 0 Å². The van der Waals surface area contributed by atoms with Crippen LogP contribution in [0.5, 0.6) is 0 Å². The van der Waals surface area contributed by atoms with Crippen LogP contribution in [0.3, 0.4) is 0 Å². The van der Waals surface area contributed by atoms with Crippen LogP contribution in [0.15, 0.2) is 28.8 Å². The molecule has 0 fully saturated rings. The van der Waals surface area contributed by atoms with Gasteiger partial charge in [0.1, 0.15) is 5.76 Å². The van der Waals surface area contributed by atoms with Crippen molar-refractivity contribution in [2.45, 2.75) is 6.92 Å². The van der Waals surface area contributed by atoms with E-state index in [-0.39, 0.29) is 0 Å². The van der Waals surface area contributed by atoms with E-state index in [1.165, 1.54) is 12.3 Å². The van der Waals surface area contributed by atoms with Crippen LogP contribution < -0.4 is 0 Å². The summed E-state index contributed by atoms with van der Waals surface area (Å²) in [5, 5.41) is 0. The van der Waals surface area contributed by atoms with Gasteiger partial charge in [-0.1, -0.05) is 0 Å². The second-order valence-corrected chi connectivity index (χ2v) is 2.90. The Kier molecular flexibility index (Phi) is 2.04. The number of nitrogens with zero attached hydrogens (tertiary/aromatic N) is 1. The number of halogens is 2. The molecule has 2 rings (SSSR count). The van der Waals surface area contributed by atoms with Crippen molar-refractivity contribution in [2.24, 2.45) is 0 Å². The van der Waals surface area contributed by atoms with Crippen LogP contribution in [0.2, 0.25) is 0 Å². The second-order valence-electron chi connectivity index (χ2n) is 2.90. The molecule has 0 aliphatic heterocycles. The zero-order valence-corrected chi connectivity index (χ0v) is 7.42. The molecule has 0 bridgehead atoms. The van der Waals surface area contributed by atoms with Crippen molar-refractivity contribution >= 4 is 0 Å². The lowest BCUT2D eigenvalue weighted by molar-refractivity contribution is 0.506. The first-order valence-corrected chi connectivity index (χ1v) is 4.04. The van der Waals surface area contributed by atoms with Crippen molar-refractivity contribution in [1.82, 2.24) is 4.98 Å². The topological polar surface area (TPSA) is 26.0 Å². The van der Waals surface area contributed by atoms with Gasteiger partial charge in [-0.25, -0.2) is 13.8 Å². The lowest BCUT2D eigenvalue weighted by Gasteiger charge is -1.96. The molecule has 72 valence electrons. The number of aryl methyl sites for hydroxylation is 1. The van der Waals surface area contributed by atoms with E-state index < -0.39 is 11.6 Å². The van der Waals surface area contributed by atoms with Crippen LogP contribution in [0.25, 0.3) is 11.5 Å². The average Bonchev–Trinajstić information content (AvgIpc) is 2.57. The highest BCUT2D eigenvalue weighted by Gasteiger charge is 2.08. The van der Waals surface area contributed by atoms with E-state index in [2.05, 4.69) is 4.98 Å². The van der Waals surface area contributed by atoms with Crippen LogP contribution in [0.1, 0.15) is 5.76 Å². The third kappa shape index (κ3) is 1.51. The van der Waals surface area contributed by atoms with Crippen LogP contribution >= 0.6 is 0 Å². The molecular weight excluding hydrogens is 188 g/mol. The highest BCUT2D eigenvalue weighted by atomic mass is 19.2. The van der Waals surface area contributed by atoms with E-state index in [0.717, 1.165) is 12.1 Å². The minimum atomic E-state index is -0.904. The Balaban J connectivity index is 2.47. The molecule has 0 unspecified atom stereocenters. The van der Waals surface area contributed by atoms with Gasteiger partial charge in [0.25, 0.3) is 0 Å². The molecule has 0 radical (unpaired) electrons. The first kappa shape index (κ1) is 8.87. The van der Waals surface area contributed by atoms with Crippen LogP contribution in [0, 0.1) is 18.6 Å². The minimum absolute atomic E-state index is 0.293. The molecule has 0 saturated carbocycles. The fourth-order valence-electron chi connectivity index (χ4n) is 1.12. The van der Waals surface area contributed by atoms with Gasteiger partial charge < -0.3 is 4.42 Å². The number of benzene rings is 1. The van der Waals surface area contributed by atoms with Crippen molar-refractivity contribution in [1.29, 1.82) is 0 Å². The Morgan fingerprint density at radius 1 is 1.21 bits per heavy atom. The maximum Gasteiger partial charge on any atom is 0.226 e. The maximum atomic E-state index is 12.8. The molecule has 1 heterocycles. The Hall–Kier alpha value is -1.71. The smallest absolute Gasteiger partial charge is 0.226 e. The molecule has 2 aromatic rings. The summed E-state index contributed by atoms with van der Waals surface area (Å²) in [5.41, 5.74) is 0.428. The Morgan fingerprint density at radius 2 is 2.00 bits per heavy atom. The minimum Gasteiger partial charge on any atom is -0.441 e. The Morgan fingerprint density at radius 3 is 2.57 bits per heavy atom. The van der Waals surface area contributed by atoms with E-state index in [4.69, 9.17) is 4.42 Å². The van der Waals surface area contributed by atoms with Crippen molar-refractivity contribution < 1.29 is 13.2 Å². The summed E-state index contributed by atoms with van der Waals surface area (Å²) in [5.74, 6) is -0.860. The monoisotopic (exact) mass is 195 g/mol. The first-order valence-electron chi connectivity index (χ1n) is 4.04. The Labute approximate surface area is 79.2 Å². The quantitative estimate of drug-likeness (QED) is 0.699. The van der Waals surface area contributed by atoms with E-state index in [0.29, 0.717) is 17.2 Å². The molecule has 0 saturated heterocycles. The van der Waals surface area contributed by atoms with Gasteiger partial charge in [-0.15, -0.1) is 0 Å². The molecule has 0 aliphatic rings. The number of rotatable bonds is 1. The van der Waals surface area contributed by atoms with Gasteiger partial charge in [0.05, 0.1) is 6.20 Å². The molecule has 2 nitrogen and oxygen atoms in total. The zero-order valence-electron chi connectivity index (χ0n) is 7.42. The average molecular weight is 195 g/mol. The molecule has 0 spiro atoms. The summed E-state index contributed by atoms with van der Waals surface area (Å²) in [6, 6.07) is 3.52. The number of hydrogen-bond donors (Lipinski definition) is 0. The largest absolute Gasteiger partial charge is 0.441 e. The van der Waals surface area contributed by atoms with Crippen LogP contribution in [-0.4, -0.2) is 4.98 Å². The summed E-state index contributed by atoms with van der Waals surface area (Å²) < 4.78 is 30.6. The fraction of sp³-hybridized carbons (Fsp3) is 0.100. The predicted octanol–water partition coefficient (Wildman–Crippen LogP) is 2.93. The van der Waals surface area contributed by atoms with Crippen LogP contribution in [0.4, 0.5) is 8.78 Å². The Bertz CT molecular complexity index is 465. The number of hydrogen-bond acceptors (Lipinski definition) is 2. The lowest BCUT2D eigenvalue weighted by atomic mass is 10.2. The summed E-state index contributed by atoms with van der Waals surface area (Å²) in [4.78, 5) is 3.90. The van der Waals surface area contributed by atoms with Gasteiger partial charge >= 0.3 is 0 Å². The van der Waals surface area contributed by atoms with Crippen molar-refractivity contribution in [3.8, 4) is 11.5 Å². The molecule has 0 amide bonds. The van der Waals surface area contributed by atoms with Gasteiger partial charge in [0, 0.05) is 5.56 Å². The highest BCUT2D eigenvalue weighted by Crippen LogP contribution is 2.20. The van der Waals surface area contributed by atoms with Gasteiger partial charge in [-0.05, 0) is 25.1 Å². The summed E-state index contributed by atoms with van der Waals surface area (Å²) in [7, 11) is 0. The molecule has 0 N–H and O–H groups in total. The highest BCUT2D eigenvalue weighted by molar-refractivity contribution is 5.52. The summed E-state index contributed by atoms with van der Waals surface area (Å²) in [6.45, 7) is 1.73. The zero-order chi connectivity index (χ0) is 10.1. The van der Waals surface area contributed by atoms with Gasteiger partial charge in [0.15, 0.2) is 11.6 Å². The first-order chi connectivity index (χ1) is 6.66. The van der Waals surface area contributed by atoms with E-state index in [1.807, 2.05) is 0 Å². The summed E-state index contributed by atoms with van der Waals surface area (Å²) in [6.07, 6.45) is 1.52. The van der Waals surface area contributed by atoms with Crippen molar-refractivity contribution in [2.75, 3.05) is 0 Å². The summed E-state index contributed by atoms with van der Waals surface area (Å²) >= 11 is 0. The molecule has 0 aliphatic carbocycles. The van der Waals surface area contributed by atoms with E-state index in [9.17, 15) is 8.78 Å². The third-order valence-electron chi connectivity index (χ3n) is 1.79. The van der Waals surface area contributed by atoms with E-state index >= 15 is 0 Å².